The Morgan fingerprint density at radius 1 is 0.931 bits per heavy atom. The van der Waals surface area contributed by atoms with Crippen LogP contribution in [0, 0.1) is 0 Å². The van der Waals surface area contributed by atoms with E-state index in [0.29, 0.717) is 30.5 Å². The molecule has 0 unspecified atom stereocenters. The number of sulfonamides is 1. The quantitative estimate of drug-likeness (QED) is 0.273. The minimum Gasteiger partial charge on any atom is -0.493 e. The lowest BCUT2D eigenvalue weighted by Crippen LogP contribution is -2.36. The third-order valence-electron chi connectivity index (χ3n) is 4.09. The lowest BCUT2D eigenvalue weighted by atomic mass is 10.2. The first-order valence-electron chi connectivity index (χ1n) is 8.61. The Balaban J connectivity index is 0.00000420. The van der Waals surface area contributed by atoms with Crippen molar-refractivity contribution in [3.05, 3.63) is 53.6 Å². The Morgan fingerprint density at radius 2 is 1.48 bits per heavy atom. The molecule has 2 rings (SSSR count). The third kappa shape index (κ3) is 7.05. The van der Waals surface area contributed by atoms with Crippen molar-refractivity contribution in [1.82, 2.24) is 15.4 Å². The molecule has 0 spiro atoms. The monoisotopic (exact) mass is 534 g/mol. The van der Waals surface area contributed by atoms with Crippen LogP contribution in [0.15, 0.2) is 52.4 Å². The Labute approximate surface area is 189 Å². The summed E-state index contributed by atoms with van der Waals surface area (Å²) in [6, 6.07) is 12.4. The van der Waals surface area contributed by atoms with Gasteiger partial charge in [-0.05, 0) is 42.4 Å². The highest BCUT2D eigenvalue weighted by Gasteiger charge is 2.10. The summed E-state index contributed by atoms with van der Waals surface area (Å²) < 4.78 is 36.4. The molecule has 0 bridgehead atoms. The summed E-state index contributed by atoms with van der Waals surface area (Å²) in [5.41, 5.74) is 1.95. The predicted octanol–water partition coefficient (Wildman–Crippen LogP) is 2.10. The zero-order valence-corrected chi connectivity index (χ0v) is 20.0. The van der Waals surface area contributed by atoms with E-state index < -0.39 is 10.0 Å². The van der Waals surface area contributed by atoms with Gasteiger partial charge in [-0.3, -0.25) is 4.99 Å². The van der Waals surface area contributed by atoms with E-state index in [9.17, 15) is 8.42 Å². The number of hydrogen-bond donors (Lipinski definition) is 3. The standard InChI is InChI=1S/C19H26N4O4S.HI/c1-20-19(23-13-15-7-10-17(26-3)18(11-15)27-4)22-12-14-5-8-16(9-6-14)28(24,25)21-2;/h5-11,21H,12-13H2,1-4H3,(H2,20,22,23);1H. The van der Waals surface area contributed by atoms with E-state index in [2.05, 4.69) is 20.3 Å². The van der Waals surface area contributed by atoms with Crippen LogP contribution in [-0.4, -0.2) is 42.7 Å². The molecule has 0 saturated heterocycles. The van der Waals surface area contributed by atoms with Gasteiger partial charge in [-0.15, -0.1) is 24.0 Å². The normalized spacial score (nSPS) is 11.4. The molecule has 8 nitrogen and oxygen atoms in total. The van der Waals surface area contributed by atoms with Crippen LogP contribution in [0.25, 0.3) is 0 Å². The molecule has 0 aliphatic rings. The second-order valence-corrected chi connectivity index (χ2v) is 7.71. The van der Waals surface area contributed by atoms with Crippen LogP contribution in [0.4, 0.5) is 0 Å². The number of nitrogens with zero attached hydrogens (tertiary/aromatic N) is 1. The van der Waals surface area contributed by atoms with Crippen molar-refractivity contribution in [2.45, 2.75) is 18.0 Å². The zero-order valence-electron chi connectivity index (χ0n) is 16.9. The fraction of sp³-hybridized carbons (Fsp3) is 0.316. The SMILES string of the molecule is CN=C(NCc1ccc(S(=O)(=O)NC)cc1)NCc1ccc(OC)c(OC)c1.I. The van der Waals surface area contributed by atoms with Gasteiger partial charge in [-0.25, -0.2) is 13.1 Å². The van der Waals surface area contributed by atoms with Crippen LogP contribution in [0.2, 0.25) is 0 Å². The van der Waals surface area contributed by atoms with E-state index in [1.54, 1.807) is 45.5 Å². The number of benzene rings is 2. The summed E-state index contributed by atoms with van der Waals surface area (Å²) in [4.78, 5) is 4.43. The number of ether oxygens (including phenoxy) is 2. The molecule has 29 heavy (non-hydrogen) atoms. The van der Waals surface area contributed by atoms with Gasteiger partial charge in [0, 0.05) is 20.1 Å². The summed E-state index contributed by atoms with van der Waals surface area (Å²) in [7, 11) is 2.85. The van der Waals surface area contributed by atoms with Crippen molar-refractivity contribution in [2.75, 3.05) is 28.3 Å². The second kappa shape index (κ2) is 11.8. The molecule has 0 fully saturated rings. The van der Waals surface area contributed by atoms with E-state index in [0.717, 1.165) is 11.1 Å². The number of guanidine groups is 1. The van der Waals surface area contributed by atoms with Crippen molar-refractivity contribution < 1.29 is 17.9 Å². The van der Waals surface area contributed by atoms with Crippen molar-refractivity contribution in [3.8, 4) is 11.5 Å². The highest BCUT2D eigenvalue weighted by molar-refractivity contribution is 14.0. The summed E-state index contributed by atoms with van der Waals surface area (Å²) >= 11 is 0. The number of hydrogen-bond acceptors (Lipinski definition) is 5. The Kier molecular flexibility index (Phi) is 10.2. The van der Waals surface area contributed by atoms with Gasteiger partial charge in [-0.1, -0.05) is 18.2 Å². The fourth-order valence-electron chi connectivity index (χ4n) is 2.49. The summed E-state index contributed by atoms with van der Waals surface area (Å²) in [6.07, 6.45) is 0. The third-order valence-corrected chi connectivity index (χ3v) is 5.52. The van der Waals surface area contributed by atoms with Crippen molar-refractivity contribution in [1.29, 1.82) is 0 Å². The number of halogens is 1. The highest BCUT2D eigenvalue weighted by atomic mass is 127. The Hall–Kier alpha value is -2.05. The van der Waals surface area contributed by atoms with Gasteiger partial charge in [-0.2, -0.15) is 0 Å². The largest absolute Gasteiger partial charge is 0.493 e. The van der Waals surface area contributed by atoms with Crippen LogP contribution in [-0.2, 0) is 23.1 Å². The molecule has 2 aromatic rings. The van der Waals surface area contributed by atoms with Gasteiger partial charge in [0.15, 0.2) is 17.5 Å². The molecule has 0 atom stereocenters. The first kappa shape index (κ1) is 25.0. The van der Waals surface area contributed by atoms with Crippen molar-refractivity contribution >= 4 is 40.0 Å². The van der Waals surface area contributed by atoms with Crippen molar-refractivity contribution in [2.24, 2.45) is 4.99 Å². The van der Waals surface area contributed by atoms with Crippen molar-refractivity contribution in [3.63, 3.8) is 0 Å². The molecular weight excluding hydrogens is 507 g/mol. The molecule has 3 N–H and O–H groups in total. The van der Waals surface area contributed by atoms with Gasteiger partial charge >= 0.3 is 0 Å². The molecular formula is C19H27IN4O4S. The number of rotatable bonds is 8. The molecule has 0 heterocycles. The summed E-state index contributed by atoms with van der Waals surface area (Å²) in [5.74, 6) is 1.97. The maximum atomic E-state index is 11.8. The maximum Gasteiger partial charge on any atom is 0.240 e. The van der Waals surface area contributed by atoms with E-state index in [1.165, 1.54) is 7.05 Å². The van der Waals surface area contributed by atoms with E-state index in [1.807, 2.05) is 18.2 Å². The van der Waals surface area contributed by atoms with Gasteiger partial charge in [0.05, 0.1) is 19.1 Å². The van der Waals surface area contributed by atoms with Crippen LogP contribution in [0.3, 0.4) is 0 Å². The predicted molar refractivity (Wildman–Crippen MR) is 125 cm³/mol. The first-order chi connectivity index (χ1) is 13.4. The number of methoxy groups -OCH3 is 2. The minimum absolute atomic E-state index is 0. The average Bonchev–Trinajstić information content (AvgIpc) is 2.73. The zero-order chi connectivity index (χ0) is 20.6. The first-order valence-corrected chi connectivity index (χ1v) is 10.1. The Bertz CT molecular complexity index is 918. The molecule has 2 aromatic carbocycles. The molecule has 160 valence electrons. The number of aliphatic imine (C=N–C) groups is 1. The average molecular weight is 534 g/mol. The van der Waals surface area contributed by atoms with E-state index in [4.69, 9.17) is 9.47 Å². The fourth-order valence-corrected chi connectivity index (χ4v) is 3.22. The van der Waals surface area contributed by atoms with E-state index in [-0.39, 0.29) is 28.9 Å². The lowest BCUT2D eigenvalue weighted by molar-refractivity contribution is 0.354. The Morgan fingerprint density at radius 3 is 2.00 bits per heavy atom. The summed E-state index contributed by atoms with van der Waals surface area (Å²) in [5, 5.41) is 6.42. The maximum absolute atomic E-state index is 11.8. The lowest BCUT2D eigenvalue weighted by Gasteiger charge is -2.14. The van der Waals surface area contributed by atoms with Crippen LogP contribution >= 0.6 is 24.0 Å². The molecule has 0 amide bonds. The van der Waals surface area contributed by atoms with Gasteiger partial charge < -0.3 is 20.1 Å². The van der Waals surface area contributed by atoms with Crippen LogP contribution in [0.1, 0.15) is 11.1 Å². The highest BCUT2D eigenvalue weighted by Crippen LogP contribution is 2.27. The van der Waals surface area contributed by atoms with Gasteiger partial charge in [0.1, 0.15) is 0 Å². The second-order valence-electron chi connectivity index (χ2n) is 5.82. The molecule has 0 saturated carbocycles. The molecule has 0 radical (unpaired) electrons. The van der Waals surface area contributed by atoms with Crippen LogP contribution in [0.5, 0.6) is 11.5 Å². The van der Waals surface area contributed by atoms with Gasteiger partial charge in [0.2, 0.25) is 10.0 Å². The smallest absolute Gasteiger partial charge is 0.240 e. The summed E-state index contributed by atoms with van der Waals surface area (Å²) in [6.45, 7) is 1.06. The molecule has 0 aliphatic carbocycles. The number of nitrogens with one attached hydrogen (secondary N) is 3. The topological polar surface area (TPSA) is 101 Å². The molecule has 10 heteroatoms. The van der Waals surface area contributed by atoms with Gasteiger partial charge in [0.25, 0.3) is 0 Å². The minimum atomic E-state index is -3.43. The van der Waals surface area contributed by atoms with E-state index >= 15 is 0 Å². The van der Waals surface area contributed by atoms with Crippen LogP contribution < -0.4 is 24.8 Å². The molecule has 0 aliphatic heterocycles. The molecule has 0 aromatic heterocycles.